The molecule has 0 saturated carbocycles. The first kappa shape index (κ1) is 37.0. The van der Waals surface area contributed by atoms with E-state index in [4.69, 9.17) is 19.9 Å². The molecule has 1 heterocycles. The molecule has 0 unspecified atom stereocenters. The lowest BCUT2D eigenvalue weighted by Crippen LogP contribution is -2.46. The average Bonchev–Trinajstić information content (AvgIpc) is 3.06. The van der Waals surface area contributed by atoms with E-state index in [1.807, 2.05) is 6.92 Å². The molecular weight excluding hydrogens is 641 g/mol. The number of anilines is 1. The Morgan fingerprint density at radius 2 is 1.31 bits per heavy atom. The van der Waals surface area contributed by atoms with Crippen molar-refractivity contribution in [3.63, 3.8) is 0 Å². The fraction of sp³-hybridized carbons (Fsp3) is 0.303. The Labute approximate surface area is 272 Å². The molecule has 4 rings (SSSR count). The molecule has 12 nitrogen and oxygen atoms in total. The third-order valence-corrected chi connectivity index (χ3v) is 7.09. The van der Waals surface area contributed by atoms with Crippen molar-refractivity contribution in [2.75, 3.05) is 11.5 Å². The first-order valence-corrected chi connectivity index (χ1v) is 14.6. The van der Waals surface area contributed by atoms with E-state index >= 15 is 0 Å². The number of benzene rings is 3. The van der Waals surface area contributed by atoms with Crippen molar-refractivity contribution in [1.29, 1.82) is 0 Å². The predicted octanol–water partition coefficient (Wildman–Crippen LogP) is 5.46. The minimum atomic E-state index is -4.44. The number of rotatable bonds is 9. The molecule has 0 aliphatic carbocycles. The maximum absolute atomic E-state index is 12.9. The first-order valence-electron chi connectivity index (χ1n) is 14.6. The maximum atomic E-state index is 12.9. The normalized spacial score (nSPS) is 16.6. The number of halogens is 3. The van der Waals surface area contributed by atoms with E-state index < -0.39 is 60.0 Å². The summed E-state index contributed by atoms with van der Waals surface area (Å²) in [4.78, 5) is 60.4. The minimum Gasteiger partial charge on any atom is -0.478 e. The van der Waals surface area contributed by atoms with Gasteiger partial charge in [-0.1, -0.05) is 43.3 Å². The highest BCUT2D eigenvalue weighted by molar-refractivity contribution is 5.95. The molecular formula is C33H33F3N2O10. The Kier molecular flexibility index (Phi) is 12.7. The Morgan fingerprint density at radius 3 is 1.71 bits per heavy atom. The van der Waals surface area contributed by atoms with Crippen LogP contribution >= 0.6 is 0 Å². The first-order chi connectivity index (χ1) is 22.7. The van der Waals surface area contributed by atoms with E-state index in [0.29, 0.717) is 24.1 Å². The fourth-order valence-electron chi connectivity index (χ4n) is 4.76. The summed E-state index contributed by atoms with van der Waals surface area (Å²) in [5.74, 6) is -5.63. The molecule has 0 bridgehead atoms. The van der Waals surface area contributed by atoms with Crippen molar-refractivity contribution in [2.45, 2.75) is 57.2 Å². The van der Waals surface area contributed by atoms with Gasteiger partial charge in [-0.05, 0) is 67.8 Å². The second kappa shape index (κ2) is 16.4. The van der Waals surface area contributed by atoms with Crippen LogP contribution in [-0.4, -0.2) is 65.0 Å². The van der Waals surface area contributed by atoms with E-state index in [0.717, 1.165) is 12.1 Å². The highest BCUT2D eigenvalue weighted by atomic mass is 19.4. The fourth-order valence-corrected chi connectivity index (χ4v) is 4.76. The Bertz CT molecular complexity index is 1530. The molecule has 4 N–H and O–H groups in total. The maximum Gasteiger partial charge on any atom is 0.416 e. The molecule has 0 radical (unpaired) electrons. The van der Waals surface area contributed by atoms with Gasteiger partial charge in [0.15, 0.2) is 0 Å². The Balaban J connectivity index is 0.000000264. The van der Waals surface area contributed by atoms with Crippen LogP contribution in [-0.2, 0) is 30.0 Å². The van der Waals surface area contributed by atoms with Gasteiger partial charge in [-0.25, -0.2) is 24.0 Å². The molecule has 0 aromatic heterocycles. The lowest BCUT2D eigenvalue weighted by Gasteiger charge is -2.39. The van der Waals surface area contributed by atoms with Crippen molar-refractivity contribution < 1.29 is 61.6 Å². The van der Waals surface area contributed by atoms with Gasteiger partial charge in [-0.3, -0.25) is 4.90 Å². The summed E-state index contributed by atoms with van der Waals surface area (Å²) < 4.78 is 53.1. The van der Waals surface area contributed by atoms with Crippen LogP contribution in [0.25, 0.3) is 0 Å². The topological polar surface area (TPSA) is 183 Å². The average molecular weight is 675 g/mol. The summed E-state index contributed by atoms with van der Waals surface area (Å²) in [6.45, 7) is 3.79. The number of carbonyl (C=O) groups is 5. The molecule has 0 fully saturated rings. The number of carbonyl (C=O) groups excluding carboxylic acids is 3. The molecule has 0 spiro atoms. The lowest BCUT2D eigenvalue weighted by atomic mass is 9.89. The highest BCUT2D eigenvalue weighted by Crippen LogP contribution is 2.41. The van der Waals surface area contributed by atoms with Crippen molar-refractivity contribution in [3.05, 3.63) is 101 Å². The van der Waals surface area contributed by atoms with Gasteiger partial charge in [-0.2, -0.15) is 13.2 Å². The van der Waals surface area contributed by atoms with Crippen molar-refractivity contribution in [1.82, 2.24) is 0 Å². The van der Waals surface area contributed by atoms with E-state index in [-0.39, 0.29) is 23.8 Å². The zero-order chi connectivity index (χ0) is 35.6. The number of carboxylic acid groups (broad SMARTS) is 2. The van der Waals surface area contributed by atoms with Gasteiger partial charge in [0.05, 0.1) is 29.0 Å². The summed E-state index contributed by atoms with van der Waals surface area (Å²) >= 11 is 0. The number of hydrogen-bond acceptors (Lipinski definition) is 9. The number of alkyl halides is 3. The van der Waals surface area contributed by atoms with Crippen molar-refractivity contribution in [2.24, 2.45) is 5.73 Å². The standard InChI is InChI=1S/C18H14O8.C15H19F3N2O2/c19-15(20)13(25-17(23)11-7-3-1-4-8-11)14(16(21)22)26-18(24)12-9-5-2-6-10-12;1-3-10-8-12(19)11-7-9(15(16,17)18)5-6-13(11)20(10)14(21)22-4-2/h1-10,13-14H,(H,19,20)(H,21,22);5-7,10,12H,3-4,8,19H2,1-2H3/t13-,14-;10-,12-/m00/s1. The van der Waals surface area contributed by atoms with Crippen LogP contribution in [0.1, 0.15) is 64.6 Å². The Morgan fingerprint density at radius 1 is 0.833 bits per heavy atom. The van der Waals surface area contributed by atoms with Crippen molar-refractivity contribution >= 4 is 35.7 Å². The van der Waals surface area contributed by atoms with Gasteiger partial charge in [0, 0.05) is 12.1 Å². The number of fused-ring (bicyclic) bond motifs is 1. The van der Waals surface area contributed by atoms with E-state index in [2.05, 4.69) is 0 Å². The molecule has 48 heavy (non-hydrogen) atoms. The number of hydrogen-bond donors (Lipinski definition) is 3. The number of ether oxygens (including phenoxy) is 3. The molecule has 3 aromatic carbocycles. The van der Waals surface area contributed by atoms with Crippen LogP contribution in [0.2, 0.25) is 0 Å². The molecule has 15 heteroatoms. The number of carboxylic acids is 2. The second-order valence-electron chi connectivity index (χ2n) is 10.3. The molecule has 4 atom stereocenters. The molecule has 3 aromatic rings. The van der Waals surface area contributed by atoms with E-state index in [9.17, 15) is 47.4 Å². The SMILES string of the molecule is CCOC(=O)N1c2ccc(C(F)(F)F)cc2[C@@H](N)C[C@@H]1CC.O=C(O[C@H](C(=O)O)[C@H](OC(=O)c1ccccc1)C(=O)O)c1ccccc1. The number of nitrogens with zero attached hydrogens (tertiary/aromatic N) is 1. The smallest absolute Gasteiger partial charge is 0.416 e. The Hall–Kier alpha value is -5.44. The number of nitrogens with two attached hydrogens (primary N) is 1. The van der Waals surface area contributed by atoms with Crippen LogP contribution in [0.3, 0.4) is 0 Å². The van der Waals surface area contributed by atoms with Gasteiger partial charge in [0.1, 0.15) is 0 Å². The van der Waals surface area contributed by atoms with E-state index in [1.165, 1.54) is 59.5 Å². The summed E-state index contributed by atoms with van der Waals surface area (Å²) in [5, 5.41) is 18.5. The molecule has 0 saturated heterocycles. The van der Waals surface area contributed by atoms with Crippen LogP contribution < -0.4 is 10.6 Å². The zero-order valence-corrected chi connectivity index (χ0v) is 25.8. The second-order valence-corrected chi connectivity index (χ2v) is 10.3. The summed E-state index contributed by atoms with van der Waals surface area (Å²) in [5.41, 5.74) is 6.03. The van der Waals surface area contributed by atoms with Gasteiger partial charge < -0.3 is 30.2 Å². The van der Waals surface area contributed by atoms with Crippen LogP contribution in [0.15, 0.2) is 78.9 Å². The highest BCUT2D eigenvalue weighted by Gasteiger charge is 2.41. The van der Waals surface area contributed by atoms with Crippen LogP contribution in [0.5, 0.6) is 0 Å². The number of aliphatic carboxylic acids is 2. The van der Waals surface area contributed by atoms with Crippen molar-refractivity contribution in [3.8, 4) is 0 Å². The summed E-state index contributed by atoms with van der Waals surface area (Å²) in [6, 6.07) is 17.4. The molecule has 1 aliphatic rings. The van der Waals surface area contributed by atoms with Crippen LogP contribution in [0.4, 0.5) is 23.7 Å². The van der Waals surface area contributed by atoms with Gasteiger partial charge in [0.25, 0.3) is 0 Å². The molecule has 1 amide bonds. The minimum absolute atomic E-state index is 0.0253. The molecule has 1 aliphatic heterocycles. The van der Waals surface area contributed by atoms with Gasteiger partial charge >= 0.3 is 36.1 Å². The van der Waals surface area contributed by atoms with Crippen LogP contribution in [0, 0.1) is 0 Å². The molecule has 256 valence electrons. The quantitative estimate of drug-likeness (QED) is 0.194. The largest absolute Gasteiger partial charge is 0.478 e. The van der Waals surface area contributed by atoms with Gasteiger partial charge in [-0.15, -0.1) is 0 Å². The van der Waals surface area contributed by atoms with E-state index in [1.54, 1.807) is 19.1 Å². The van der Waals surface area contributed by atoms with Gasteiger partial charge in [0.2, 0.25) is 12.2 Å². The number of amides is 1. The zero-order valence-electron chi connectivity index (χ0n) is 25.8. The number of esters is 2. The third kappa shape index (κ3) is 9.31. The monoisotopic (exact) mass is 674 g/mol. The summed E-state index contributed by atoms with van der Waals surface area (Å²) in [7, 11) is 0. The third-order valence-electron chi connectivity index (χ3n) is 7.09. The lowest BCUT2D eigenvalue weighted by molar-refractivity contribution is -0.166. The predicted molar refractivity (Wildman–Crippen MR) is 163 cm³/mol. The summed E-state index contributed by atoms with van der Waals surface area (Å²) in [6.07, 6.45) is -8.37.